The molecule has 156 valence electrons. The van der Waals surface area contributed by atoms with Gasteiger partial charge in [-0.2, -0.15) is 5.10 Å². The smallest absolute Gasteiger partial charge is 0.272 e. The summed E-state index contributed by atoms with van der Waals surface area (Å²) >= 11 is 0. The maximum Gasteiger partial charge on any atom is 0.272 e. The van der Waals surface area contributed by atoms with Gasteiger partial charge >= 0.3 is 0 Å². The zero-order valence-corrected chi connectivity index (χ0v) is 16.7. The van der Waals surface area contributed by atoms with Crippen molar-refractivity contribution in [3.8, 4) is 11.1 Å². The number of aromatic nitrogens is 2. The van der Waals surface area contributed by atoms with E-state index in [1.165, 1.54) is 12.5 Å². The average Bonchev–Trinajstić information content (AvgIpc) is 3.46. The molecule has 2 fully saturated rings. The molecular formula is C23H24F2N4O. The number of fused-ring (bicyclic) bond motifs is 1. The van der Waals surface area contributed by atoms with E-state index in [9.17, 15) is 13.6 Å². The highest BCUT2D eigenvalue weighted by Gasteiger charge is 2.26. The van der Waals surface area contributed by atoms with Gasteiger partial charge in [-0.3, -0.25) is 14.8 Å². The number of halogens is 2. The number of carbonyl (C=O) groups is 1. The van der Waals surface area contributed by atoms with Gasteiger partial charge in [0.05, 0.1) is 5.52 Å². The Labute approximate surface area is 173 Å². The Morgan fingerprint density at radius 1 is 1.13 bits per heavy atom. The summed E-state index contributed by atoms with van der Waals surface area (Å²) in [6.45, 7) is 2.57. The average molecular weight is 410 g/mol. The predicted octanol–water partition coefficient (Wildman–Crippen LogP) is 4.39. The molecule has 5 rings (SSSR count). The van der Waals surface area contributed by atoms with Gasteiger partial charge in [0, 0.05) is 23.5 Å². The molecule has 0 radical (unpaired) electrons. The Morgan fingerprint density at radius 3 is 2.70 bits per heavy atom. The van der Waals surface area contributed by atoms with E-state index in [0.29, 0.717) is 23.0 Å². The fourth-order valence-electron chi connectivity index (χ4n) is 4.16. The molecule has 3 aromatic rings. The van der Waals surface area contributed by atoms with E-state index in [4.69, 9.17) is 0 Å². The van der Waals surface area contributed by atoms with E-state index in [0.717, 1.165) is 44.3 Å². The Balaban J connectivity index is 1.49. The molecule has 1 aliphatic carbocycles. The first kappa shape index (κ1) is 19.2. The summed E-state index contributed by atoms with van der Waals surface area (Å²) in [5, 5.41) is 10.5. The normalized spacial score (nSPS) is 17.4. The number of H-pyrrole nitrogens is 1. The van der Waals surface area contributed by atoms with Crippen molar-refractivity contribution >= 4 is 16.8 Å². The molecule has 5 nitrogen and oxygen atoms in total. The Hall–Kier alpha value is -2.80. The van der Waals surface area contributed by atoms with E-state index in [2.05, 4.69) is 20.4 Å². The highest BCUT2D eigenvalue weighted by molar-refractivity contribution is 6.05. The summed E-state index contributed by atoms with van der Waals surface area (Å²) in [6, 6.07) is 8.41. The van der Waals surface area contributed by atoms with Crippen molar-refractivity contribution in [2.75, 3.05) is 13.1 Å². The number of piperidine rings is 1. The quantitative estimate of drug-likeness (QED) is 0.656. The number of nitrogens with zero attached hydrogens (tertiary/aromatic N) is 2. The molecule has 0 bridgehead atoms. The first-order valence-electron chi connectivity index (χ1n) is 10.6. The molecule has 0 atom stereocenters. The Kier molecular flexibility index (Phi) is 4.98. The minimum Gasteiger partial charge on any atom is -0.348 e. The molecular weight excluding hydrogens is 386 g/mol. The number of hydrogen-bond donors (Lipinski definition) is 2. The van der Waals surface area contributed by atoms with Gasteiger partial charge in [0.1, 0.15) is 0 Å². The van der Waals surface area contributed by atoms with Crippen LogP contribution in [-0.4, -0.2) is 40.1 Å². The first-order valence-corrected chi connectivity index (χ1v) is 10.6. The van der Waals surface area contributed by atoms with Crippen molar-refractivity contribution in [1.82, 2.24) is 20.4 Å². The SMILES string of the molecule is O=C(NC1CC1)c1n[nH]c2ccc(-c3cc(CN4CCCCC4)cc(F)c3F)cc12. The van der Waals surface area contributed by atoms with Crippen LogP contribution in [0.25, 0.3) is 22.0 Å². The van der Waals surface area contributed by atoms with Crippen LogP contribution >= 0.6 is 0 Å². The minimum atomic E-state index is -0.871. The van der Waals surface area contributed by atoms with E-state index < -0.39 is 11.6 Å². The largest absolute Gasteiger partial charge is 0.348 e. The maximum absolute atomic E-state index is 14.7. The number of likely N-dealkylation sites (tertiary alicyclic amines) is 1. The van der Waals surface area contributed by atoms with Crippen molar-refractivity contribution in [3.05, 3.63) is 53.2 Å². The predicted molar refractivity (Wildman–Crippen MR) is 111 cm³/mol. The number of hydrogen-bond acceptors (Lipinski definition) is 3. The fourth-order valence-corrected chi connectivity index (χ4v) is 4.16. The summed E-state index contributed by atoms with van der Waals surface area (Å²) in [7, 11) is 0. The fraction of sp³-hybridized carbons (Fsp3) is 0.391. The highest BCUT2D eigenvalue weighted by Crippen LogP contribution is 2.30. The van der Waals surface area contributed by atoms with Crippen LogP contribution in [0, 0.1) is 11.6 Å². The van der Waals surface area contributed by atoms with E-state index in [-0.39, 0.29) is 23.2 Å². The molecule has 1 saturated carbocycles. The lowest BCUT2D eigenvalue weighted by Crippen LogP contribution is -2.29. The topological polar surface area (TPSA) is 61.0 Å². The van der Waals surface area contributed by atoms with Crippen LogP contribution in [0.5, 0.6) is 0 Å². The molecule has 0 spiro atoms. The molecule has 1 aliphatic heterocycles. The number of amides is 1. The molecule has 1 saturated heterocycles. The molecule has 2 aromatic carbocycles. The molecule has 0 unspecified atom stereocenters. The Bertz CT molecular complexity index is 1100. The summed E-state index contributed by atoms with van der Waals surface area (Å²) in [5.41, 5.74) is 2.46. The van der Waals surface area contributed by atoms with Crippen LogP contribution in [0.15, 0.2) is 30.3 Å². The number of benzene rings is 2. The first-order chi connectivity index (χ1) is 14.6. The third-order valence-corrected chi connectivity index (χ3v) is 5.94. The maximum atomic E-state index is 14.7. The molecule has 2 N–H and O–H groups in total. The second kappa shape index (κ2) is 7.80. The second-order valence-electron chi connectivity index (χ2n) is 8.36. The van der Waals surface area contributed by atoms with Gasteiger partial charge in [-0.1, -0.05) is 12.5 Å². The summed E-state index contributed by atoms with van der Waals surface area (Å²) in [4.78, 5) is 14.8. The number of carbonyl (C=O) groups excluding carboxylic acids is 1. The zero-order chi connectivity index (χ0) is 20.7. The lowest BCUT2D eigenvalue weighted by molar-refractivity contribution is 0.0947. The molecule has 1 amide bonds. The lowest BCUT2D eigenvalue weighted by Gasteiger charge is -2.26. The van der Waals surface area contributed by atoms with Crippen LogP contribution in [-0.2, 0) is 6.54 Å². The van der Waals surface area contributed by atoms with Gasteiger partial charge in [-0.25, -0.2) is 8.78 Å². The van der Waals surface area contributed by atoms with Crippen LogP contribution < -0.4 is 5.32 Å². The standard InChI is InChI=1S/C23H24F2N4O/c24-19-11-14(13-29-8-2-1-3-9-29)10-17(21(19)25)15-4-7-20-18(12-15)22(28-27-20)23(30)26-16-5-6-16/h4,7,10-12,16H,1-3,5-6,8-9,13H2,(H,26,30)(H,27,28). The van der Waals surface area contributed by atoms with Crippen molar-refractivity contribution in [3.63, 3.8) is 0 Å². The lowest BCUT2D eigenvalue weighted by atomic mass is 9.99. The molecule has 2 heterocycles. The van der Waals surface area contributed by atoms with Crippen LogP contribution in [0.3, 0.4) is 0 Å². The van der Waals surface area contributed by atoms with Gasteiger partial charge in [0.15, 0.2) is 17.3 Å². The third kappa shape index (κ3) is 3.81. The second-order valence-corrected chi connectivity index (χ2v) is 8.36. The summed E-state index contributed by atoms with van der Waals surface area (Å²) < 4.78 is 29.1. The van der Waals surface area contributed by atoms with Crippen molar-refractivity contribution in [2.24, 2.45) is 0 Å². The Morgan fingerprint density at radius 2 is 1.93 bits per heavy atom. The van der Waals surface area contributed by atoms with Crippen LogP contribution in [0.1, 0.15) is 48.2 Å². The number of nitrogens with one attached hydrogen (secondary N) is 2. The third-order valence-electron chi connectivity index (χ3n) is 5.94. The van der Waals surface area contributed by atoms with Gasteiger partial charge in [-0.15, -0.1) is 0 Å². The highest BCUT2D eigenvalue weighted by atomic mass is 19.2. The summed E-state index contributed by atoms with van der Waals surface area (Å²) in [5.74, 6) is -1.96. The number of rotatable bonds is 5. The van der Waals surface area contributed by atoms with Gasteiger partial charge in [-0.05, 0) is 74.2 Å². The molecule has 1 aromatic heterocycles. The van der Waals surface area contributed by atoms with Crippen molar-refractivity contribution < 1.29 is 13.6 Å². The molecule has 2 aliphatic rings. The van der Waals surface area contributed by atoms with E-state index >= 15 is 0 Å². The van der Waals surface area contributed by atoms with Crippen molar-refractivity contribution in [2.45, 2.75) is 44.7 Å². The van der Waals surface area contributed by atoms with Crippen LogP contribution in [0.4, 0.5) is 8.78 Å². The zero-order valence-electron chi connectivity index (χ0n) is 16.7. The monoisotopic (exact) mass is 410 g/mol. The van der Waals surface area contributed by atoms with Gasteiger partial charge < -0.3 is 5.32 Å². The molecule has 30 heavy (non-hydrogen) atoms. The van der Waals surface area contributed by atoms with E-state index in [1.54, 1.807) is 24.3 Å². The summed E-state index contributed by atoms with van der Waals surface area (Å²) in [6.07, 6.45) is 5.46. The van der Waals surface area contributed by atoms with Crippen LogP contribution in [0.2, 0.25) is 0 Å². The van der Waals surface area contributed by atoms with Crippen molar-refractivity contribution in [1.29, 1.82) is 0 Å². The number of aromatic amines is 1. The van der Waals surface area contributed by atoms with Gasteiger partial charge in [0.2, 0.25) is 0 Å². The minimum absolute atomic E-state index is 0.207. The van der Waals surface area contributed by atoms with Gasteiger partial charge in [0.25, 0.3) is 5.91 Å². The molecule has 7 heteroatoms. The van der Waals surface area contributed by atoms with E-state index in [1.807, 2.05) is 0 Å².